The van der Waals surface area contributed by atoms with E-state index in [1.807, 2.05) is 35.9 Å². The molecule has 1 aliphatic heterocycles. The maximum absolute atomic E-state index is 12.1. The van der Waals surface area contributed by atoms with E-state index in [4.69, 9.17) is 9.47 Å². The summed E-state index contributed by atoms with van der Waals surface area (Å²) in [6.45, 7) is 0.312. The van der Waals surface area contributed by atoms with Crippen molar-refractivity contribution in [2.75, 3.05) is 6.61 Å². The predicted octanol–water partition coefficient (Wildman–Crippen LogP) is 1.65. The largest absolute Gasteiger partial charge is 0.463 e. The molecule has 5 heteroatoms. The summed E-state index contributed by atoms with van der Waals surface area (Å²) in [4.78, 5) is 23.4. The standard InChI is InChI=1S/C14H13NO4/c1-15-8-10(9-4-2-3-5-11(9)15)13(16)19-12-6-7-18-14(12)17/h2-5,8,12H,6-7H2,1H3/t12-/m0/s1. The van der Waals surface area contributed by atoms with Crippen LogP contribution >= 0.6 is 0 Å². The van der Waals surface area contributed by atoms with Crippen LogP contribution in [0.1, 0.15) is 16.8 Å². The Bertz CT molecular complexity index is 659. The first-order valence-corrected chi connectivity index (χ1v) is 6.08. The molecule has 0 radical (unpaired) electrons. The summed E-state index contributed by atoms with van der Waals surface area (Å²) >= 11 is 0. The normalized spacial score (nSPS) is 18.6. The van der Waals surface area contributed by atoms with Crippen molar-refractivity contribution in [1.82, 2.24) is 4.57 Å². The Kier molecular flexibility index (Phi) is 2.74. The first-order chi connectivity index (χ1) is 9.16. The van der Waals surface area contributed by atoms with Gasteiger partial charge in [0.15, 0.2) is 0 Å². The molecule has 0 saturated carbocycles. The van der Waals surface area contributed by atoms with Gasteiger partial charge in [-0.3, -0.25) is 0 Å². The molecule has 1 aromatic heterocycles. The average molecular weight is 259 g/mol. The zero-order chi connectivity index (χ0) is 13.4. The molecule has 1 aliphatic rings. The first-order valence-electron chi connectivity index (χ1n) is 6.08. The summed E-state index contributed by atoms with van der Waals surface area (Å²) in [6.07, 6.45) is 1.37. The number of benzene rings is 1. The van der Waals surface area contributed by atoms with Crippen LogP contribution in [-0.4, -0.2) is 29.2 Å². The Morgan fingerprint density at radius 1 is 1.42 bits per heavy atom. The topological polar surface area (TPSA) is 57.5 Å². The molecule has 1 saturated heterocycles. The molecular formula is C14H13NO4. The third-order valence-electron chi connectivity index (χ3n) is 3.25. The molecule has 2 aromatic rings. The maximum atomic E-state index is 12.1. The predicted molar refractivity (Wildman–Crippen MR) is 67.7 cm³/mol. The lowest BCUT2D eigenvalue weighted by Gasteiger charge is -2.07. The van der Waals surface area contributed by atoms with E-state index in [1.54, 1.807) is 6.20 Å². The van der Waals surface area contributed by atoms with Gasteiger partial charge in [-0.25, -0.2) is 9.59 Å². The highest BCUT2D eigenvalue weighted by atomic mass is 16.6. The van der Waals surface area contributed by atoms with Crippen LogP contribution in [0.25, 0.3) is 10.9 Å². The lowest BCUT2D eigenvalue weighted by Crippen LogP contribution is -2.22. The van der Waals surface area contributed by atoms with E-state index in [-0.39, 0.29) is 0 Å². The molecule has 0 aliphatic carbocycles. The van der Waals surface area contributed by atoms with E-state index < -0.39 is 18.0 Å². The second-order valence-electron chi connectivity index (χ2n) is 4.52. The van der Waals surface area contributed by atoms with Crippen molar-refractivity contribution in [2.45, 2.75) is 12.5 Å². The van der Waals surface area contributed by atoms with Gasteiger partial charge in [0, 0.05) is 30.6 Å². The number of ether oxygens (including phenoxy) is 2. The summed E-state index contributed by atoms with van der Waals surface area (Å²) in [6, 6.07) is 7.56. The zero-order valence-electron chi connectivity index (χ0n) is 10.5. The number of esters is 2. The van der Waals surface area contributed by atoms with Gasteiger partial charge in [-0.1, -0.05) is 18.2 Å². The van der Waals surface area contributed by atoms with Crippen molar-refractivity contribution in [2.24, 2.45) is 7.05 Å². The van der Waals surface area contributed by atoms with Gasteiger partial charge in [0.05, 0.1) is 12.2 Å². The summed E-state index contributed by atoms with van der Waals surface area (Å²) in [7, 11) is 1.86. The van der Waals surface area contributed by atoms with Crippen molar-refractivity contribution in [3.05, 3.63) is 36.0 Å². The fourth-order valence-corrected chi connectivity index (χ4v) is 2.28. The first kappa shape index (κ1) is 11.8. The molecule has 2 heterocycles. The van der Waals surface area contributed by atoms with Crippen LogP contribution in [0.2, 0.25) is 0 Å². The number of hydrogen-bond donors (Lipinski definition) is 0. The van der Waals surface area contributed by atoms with Crippen LogP contribution in [0.5, 0.6) is 0 Å². The van der Waals surface area contributed by atoms with E-state index in [0.717, 1.165) is 10.9 Å². The second-order valence-corrected chi connectivity index (χ2v) is 4.52. The molecule has 1 aromatic carbocycles. The van der Waals surface area contributed by atoms with E-state index in [2.05, 4.69) is 0 Å². The molecule has 98 valence electrons. The number of aryl methyl sites for hydroxylation is 1. The zero-order valence-corrected chi connectivity index (χ0v) is 10.5. The monoisotopic (exact) mass is 259 g/mol. The van der Waals surface area contributed by atoms with Gasteiger partial charge < -0.3 is 14.0 Å². The number of rotatable bonds is 2. The van der Waals surface area contributed by atoms with Crippen molar-refractivity contribution in [1.29, 1.82) is 0 Å². The minimum atomic E-state index is -0.772. The van der Waals surface area contributed by atoms with Crippen LogP contribution in [0.3, 0.4) is 0 Å². The Morgan fingerprint density at radius 2 is 2.21 bits per heavy atom. The Balaban J connectivity index is 1.91. The third kappa shape index (κ3) is 1.97. The van der Waals surface area contributed by atoms with Gasteiger partial charge in [0.25, 0.3) is 0 Å². The number of para-hydroxylation sites is 1. The van der Waals surface area contributed by atoms with E-state index in [0.29, 0.717) is 18.6 Å². The number of nitrogens with zero attached hydrogens (tertiary/aromatic N) is 1. The summed E-state index contributed by atoms with van der Waals surface area (Å²) in [5.74, 6) is -0.950. The lowest BCUT2D eigenvalue weighted by atomic mass is 10.2. The Labute approximate surface area is 109 Å². The van der Waals surface area contributed by atoms with Gasteiger partial charge in [-0.15, -0.1) is 0 Å². The van der Waals surface area contributed by atoms with Gasteiger partial charge in [-0.05, 0) is 6.07 Å². The minimum absolute atomic E-state index is 0.312. The van der Waals surface area contributed by atoms with Crippen LogP contribution in [0.4, 0.5) is 0 Å². The van der Waals surface area contributed by atoms with Crippen molar-refractivity contribution < 1.29 is 19.1 Å². The van der Waals surface area contributed by atoms with Crippen LogP contribution in [0, 0.1) is 0 Å². The molecule has 1 atom stereocenters. The number of hydrogen-bond acceptors (Lipinski definition) is 4. The summed E-state index contributed by atoms with van der Waals surface area (Å²) < 4.78 is 11.8. The molecule has 0 bridgehead atoms. The quantitative estimate of drug-likeness (QED) is 0.769. The molecule has 19 heavy (non-hydrogen) atoms. The number of aromatic nitrogens is 1. The fourth-order valence-electron chi connectivity index (χ4n) is 2.28. The van der Waals surface area contributed by atoms with Crippen LogP contribution < -0.4 is 0 Å². The third-order valence-corrected chi connectivity index (χ3v) is 3.25. The van der Waals surface area contributed by atoms with Crippen LogP contribution in [-0.2, 0) is 21.3 Å². The molecule has 0 amide bonds. The molecule has 0 unspecified atom stereocenters. The Hall–Kier alpha value is -2.30. The van der Waals surface area contributed by atoms with E-state index in [1.165, 1.54) is 0 Å². The van der Waals surface area contributed by atoms with Gasteiger partial charge in [-0.2, -0.15) is 0 Å². The molecule has 1 fully saturated rings. The summed E-state index contributed by atoms with van der Waals surface area (Å²) in [5, 5.41) is 0.821. The number of cyclic esters (lactones) is 1. The molecule has 3 rings (SSSR count). The van der Waals surface area contributed by atoms with Crippen molar-refractivity contribution in [3.8, 4) is 0 Å². The highest BCUT2D eigenvalue weighted by molar-refractivity contribution is 6.05. The van der Waals surface area contributed by atoms with E-state index >= 15 is 0 Å². The van der Waals surface area contributed by atoms with Gasteiger partial charge >= 0.3 is 11.9 Å². The molecule has 5 nitrogen and oxygen atoms in total. The second kappa shape index (κ2) is 4.42. The van der Waals surface area contributed by atoms with Crippen LogP contribution in [0.15, 0.2) is 30.5 Å². The highest BCUT2D eigenvalue weighted by Gasteiger charge is 2.31. The van der Waals surface area contributed by atoms with E-state index in [9.17, 15) is 9.59 Å². The molecule has 0 N–H and O–H groups in total. The van der Waals surface area contributed by atoms with Gasteiger partial charge in [0.2, 0.25) is 6.10 Å². The number of fused-ring (bicyclic) bond motifs is 1. The molecule has 0 spiro atoms. The maximum Gasteiger partial charge on any atom is 0.347 e. The lowest BCUT2D eigenvalue weighted by molar-refractivity contribution is -0.145. The smallest absolute Gasteiger partial charge is 0.347 e. The van der Waals surface area contributed by atoms with Gasteiger partial charge in [0.1, 0.15) is 0 Å². The minimum Gasteiger partial charge on any atom is -0.463 e. The fraction of sp³-hybridized carbons (Fsp3) is 0.286. The van der Waals surface area contributed by atoms with Crippen molar-refractivity contribution in [3.63, 3.8) is 0 Å². The Morgan fingerprint density at radius 3 is 2.95 bits per heavy atom. The SMILES string of the molecule is Cn1cc(C(=O)O[C@H]2CCOC2=O)c2ccccc21. The molecular weight excluding hydrogens is 246 g/mol. The summed E-state index contributed by atoms with van der Waals surface area (Å²) in [5.41, 5.74) is 1.42. The highest BCUT2D eigenvalue weighted by Crippen LogP contribution is 2.22. The average Bonchev–Trinajstić information content (AvgIpc) is 2.95. The van der Waals surface area contributed by atoms with Crippen molar-refractivity contribution >= 4 is 22.8 Å². The number of carbonyl (C=O) groups is 2. The number of carbonyl (C=O) groups excluding carboxylic acids is 2.